The van der Waals surface area contributed by atoms with Gasteiger partial charge in [-0.05, 0) is 63.2 Å². The molecule has 0 N–H and O–H groups in total. The molecule has 0 heterocycles. The number of hydrogen-bond acceptors (Lipinski definition) is 4. The van der Waals surface area contributed by atoms with E-state index in [-0.39, 0.29) is 22.5 Å². The predicted molar refractivity (Wildman–Crippen MR) is 98.9 cm³/mol. The van der Waals surface area contributed by atoms with Gasteiger partial charge in [0.15, 0.2) is 5.78 Å². The summed E-state index contributed by atoms with van der Waals surface area (Å²) in [6.07, 6.45) is 2.37. The van der Waals surface area contributed by atoms with Gasteiger partial charge in [0.1, 0.15) is 0 Å². The highest BCUT2D eigenvalue weighted by Gasteiger charge is 2.34. The lowest BCUT2D eigenvalue weighted by Crippen LogP contribution is -2.29. The first kappa shape index (κ1) is 19.9. The van der Waals surface area contributed by atoms with Gasteiger partial charge >= 0.3 is 0 Å². The number of benzene rings is 1. The van der Waals surface area contributed by atoms with Crippen molar-refractivity contribution >= 4 is 15.9 Å². The average molecular weight is 365 g/mol. The normalized spacial score (nSPS) is 18.9. The Morgan fingerprint density at radius 1 is 1.20 bits per heavy atom. The molecule has 1 aromatic rings. The molecule has 4 nitrogen and oxygen atoms in total. The van der Waals surface area contributed by atoms with Gasteiger partial charge in [0.25, 0.3) is 10.1 Å². The second-order valence-corrected chi connectivity index (χ2v) is 9.27. The van der Waals surface area contributed by atoms with Crippen molar-refractivity contribution in [3.63, 3.8) is 0 Å². The maximum absolute atomic E-state index is 12.8. The molecule has 0 aliphatic heterocycles. The molecule has 0 fully saturated rings. The number of carbonyl (C=O) groups is 1. The number of rotatable bonds is 6. The van der Waals surface area contributed by atoms with Crippen molar-refractivity contribution in [3.8, 4) is 0 Å². The van der Waals surface area contributed by atoms with Gasteiger partial charge < -0.3 is 0 Å². The van der Waals surface area contributed by atoms with E-state index in [2.05, 4.69) is 13.8 Å². The van der Waals surface area contributed by atoms with E-state index < -0.39 is 16.2 Å². The highest BCUT2D eigenvalue weighted by molar-refractivity contribution is 7.86. The molecule has 5 heteroatoms. The van der Waals surface area contributed by atoms with E-state index in [0.717, 1.165) is 36.0 Å². The first-order valence-corrected chi connectivity index (χ1v) is 10.2. The van der Waals surface area contributed by atoms with E-state index in [1.54, 1.807) is 19.1 Å². The molecular weight excluding hydrogens is 336 g/mol. The monoisotopic (exact) mass is 364 g/mol. The van der Waals surface area contributed by atoms with Crippen LogP contribution in [0.25, 0.3) is 0 Å². The van der Waals surface area contributed by atoms with Crippen molar-refractivity contribution in [1.29, 1.82) is 0 Å². The van der Waals surface area contributed by atoms with E-state index in [0.29, 0.717) is 0 Å². The molecule has 1 aliphatic rings. The fourth-order valence-electron chi connectivity index (χ4n) is 3.61. The Labute approximate surface area is 151 Å². The van der Waals surface area contributed by atoms with Crippen molar-refractivity contribution in [2.75, 3.05) is 0 Å². The summed E-state index contributed by atoms with van der Waals surface area (Å²) in [7, 11) is -3.86. The van der Waals surface area contributed by atoms with Crippen molar-refractivity contribution in [2.45, 2.75) is 71.3 Å². The van der Waals surface area contributed by atoms with Crippen LogP contribution in [-0.2, 0) is 19.1 Å². The average Bonchev–Trinajstić information content (AvgIpc) is 2.45. The maximum atomic E-state index is 12.8. The van der Waals surface area contributed by atoms with Gasteiger partial charge in [-0.2, -0.15) is 8.42 Å². The van der Waals surface area contributed by atoms with E-state index >= 15 is 0 Å². The minimum absolute atomic E-state index is 0.00574. The van der Waals surface area contributed by atoms with Crippen LogP contribution in [0.5, 0.6) is 0 Å². The van der Waals surface area contributed by atoms with Crippen LogP contribution in [-0.4, -0.2) is 20.3 Å². The Morgan fingerprint density at radius 3 is 2.36 bits per heavy atom. The molecule has 0 amide bonds. The second-order valence-electron chi connectivity index (χ2n) is 7.69. The third kappa shape index (κ3) is 4.79. The summed E-state index contributed by atoms with van der Waals surface area (Å²) in [6.45, 7) is 9.69. The Morgan fingerprint density at radius 2 is 1.80 bits per heavy atom. The molecule has 0 spiro atoms. The fraction of sp³-hybridized carbons (Fsp3) is 0.550. The molecule has 0 radical (unpaired) electrons. The Hall–Kier alpha value is -1.46. The summed E-state index contributed by atoms with van der Waals surface area (Å²) in [5, 5.41) is 0. The lowest BCUT2D eigenvalue weighted by molar-refractivity contribution is -0.118. The summed E-state index contributed by atoms with van der Waals surface area (Å²) in [5.74, 6) is -0.00574. The van der Waals surface area contributed by atoms with Gasteiger partial charge in [-0.1, -0.05) is 37.1 Å². The molecule has 25 heavy (non-hydrogen) atoms. The van der Waals surface area contributed by atoms with Crippen LogP contribution in [0.1, 0.15) is 58.9 Å². The quantitative estimate of drug-likeness (QED) is 0.694. The third-order valence-corrected chi connectivity index (χ3v) is 6.24. The second kappa shape index (κ2) is 7.42. The largest absolute Gasteiger partial charge is 0.297 e. The van der Waals surface area contributed by atoms with Crippen molar-refractivity contribution < 1.29 is 17.4 Å². The number of ketones is 1. The highest BCUT2D eigenvalue weighted by Crippen LogP contribution is 2.41. The molecule has 1 aliphatic carbocycles. The Balaban J connectivity index is 2.10. The van der Waals surface area contributed by atoms with E-state index in [4.69, 9.17) is 4.18 Å². The minimum Gasteiger partial charge on any atom is -0.294 e. The van der Waals surface area contributed by atoms with Crippen molar-refractivity contribution in [1.82, 2.24) is 0 Å². The lowest BCUT2D eigenvalue weighted by Gasteiger charge is -2.34. The molecule has 0 saturated heterocycles. The molecule has 1 aromatic carbocycles. The van der Waals surface area contributed by atoms with Crippen LogP contribution in [0.15, 0.2) is 40.3 Å². The SMILES string of the molecule is CC1=C(C(=O)CC(C)OS(=O)(=O)c2ccc(C)cc2)C(C)(C)CCC1. The van der Waals surface area contributed by atoms with E-state index in [1.165, 1.54) is 12.1 Å². The number of aryl methyl sites for hydroxylation is 1. The predicted octanol–water partition coefficient (Wildman–Crippen LogP) is 4.57. The summed E-state index contributed by atoms with van der Waals surface area (Å²) < 4.78 is 30.0. The molecule has 0 saturated carbocycles. The standard InChI is InChI=1S/C20H28O4S/c1-14-8-10-17(11-9-14)25(22,23)24-16(3)13-18(21)19-15(2)7-6-12-20(19,4)5/h8-11,16H,6-7,12-13H2,1-5H3. The molecule has 0 bridgehead atoms. The van der Waals surface area contributed by atoms with Crippen LogP contribution in [0, 0.1) is 12.3 Å². The zero-order valence-electron chi connectivity index (χ0n) is 15.8. The number of hydrogen-bond donors (Lipinski definition) is 0. The summed E-state index contributed by atoms with van der Waals surface area (Å²) in [4.78, 5) is 12.9. The third-order valence-electron chi connectivity index (χ3n) is 4.81. The highest BCUT2D eigenvalue weighted by atomic mass is 32.2. The van der Waals surface area contributed by atoms with Crippen LogP contribution in [0.2, 0.25) is 0 Å². The first-order valence-electron chi connectivity index (χ1n) is 8.76. The van der Waals surface area contributed by atoms with Gasteiger partial charge in [-0.25, -0.2) is 0 Å². The van der Waals surface area contributed by atoms with Crippen LogP contribution in [0.3, 0.4) is 0 Å². The van der Waals surface area contributed by atoms with Gasteiger partial charge in [0.05, 0.1) is 11.0 Å². The van der Waals surface area contributed by atoms with Gasteiger partial charge in [-0.15, -0.1) is 0 Å². The summed E-state index contributed by atoms with van der Waals surface area (Å²) >= 11 is 0. The maximum Gasteiger partial charge on any atom is 0.297 e. The molecule has 1 unspecified atom stereocenters. The topological polar surface area (TPSA) is 60.4 Å². The molecule has 138 valence electrons. The number of allylic oxidation sites excluding steroid dienone is 2. The fourth-order valence-corrected chi connectivity index (χ4v) is 4.69. The smallest absolute Gasteiger partial charge is 0.294 e. The van der Waals surface area contributed by atoms with E-state index in [1.807, 2.05) is 13.8 Å². The molecule has 2 rings (SSSR count). The van der Waals surface area contributed by atoms with Gasteiger partial charge in [0.2, 0.25) is 0 Å². The first-order chi connectivity index (χ1) is 11.5. The van der Waals surface area contributed by atoms with Crippen molar-refractivity contribution in [3.05, 3.63) is 41.0 Å². The zero-order valence-corrected chi connectivity index (χ0v) is 16.6. The van der Waals surface area contributed by atoms with Gasteiger partial charge in [0, 0.05) is 6.42 Å². The molecule has 1 atom stereocenters. The number of carbonyl (C=O) groups excluding carboxylic acids is 1. The van der Waals surface area contributed by atoms with Gasteiger partial charge in [-0.3, -0.25) is 8.98 Å². The van der Waals surface area contributed by atoms with Crippen LogP contribution >= 0.6 is 0 Å². The molecular formula is C20H28O4S. The van der Waals surface area contributed by atoms with Crippen LogP contribution in [0.4, 0.5) is 0 Å². The molecule has 0 aromatic heterocycles. The lowest BCUT2D eigenvalue weighted by atomic mass is 9.70. The van der Waals surface area contributed by atoms with Crippen molar-refractivity contribution in [2.24, 2.45) is 5.41 Å². The Kier molecular flexibility index (Phi) is 5.89. The van der Waals surface area contributed by atoms with E-state index in [9.17, 15) is 13.2 Å². The number of Topliss-reactive ketones (excluding diaryl/α,β-unsaturated/α-hetero) is 1. The minimum atomic E-state index is -3.86. The van der Waals surface area contributed by atoms with Crippen LogP contribution < -0.4 is 0 Å². The zero-order chi connectivity index (χ0) is 18.8. The summed E-state index contributed by atoms with van der Waals surface area (Å²) in [6, 6.07) is 6.50. The Bertz CT molecular complexity index is 770. The summed E-state index contributed by atoms with van der Waals surface area (Å²) in [5.41, 5.74) is 2.79.